The molecule has 1 aliphatic heterocycles. The highest BCUT2D eigenvalue weighted by Gasteiger charge is 2.40. The van der Waals surface area contributed by atoms with Gasteiger partial charge >= 0.3 is 11.9 Å². The van der Waals surface area contributed by atoms with Crippen molar-refractivity contribution < 1.29 is 19.1 Å². The molecular formula is C26H22N2O4. The number of fused-ring (bicyclic) bond motifs is 3. The molecular weight excluding hydrogens is 404 g/mol. The zero-order chi connectivity index (χ0) is 22.2. The Labute approximate surface area is 185 Å². The van der Waals surface area contributed by atoms with Gasteiger partial charge in [-0.15, -0.1) is 0 Å². The summed E-state index contributed by atoms with van der Waals surface area (Å²) in [4.78, 5) is 25.7. The molecule has 32 heavy (non-hydrogen) atoms. The molecule has 1 aliphatic rings. The molecule has 160 valence electrons. The number of carbonyl (C=O) groups excluding carboxylic acids is 2. The van der Waals surface area contributed by atoms with E-state index in [0.29, 0.717) is 5.69 Å². The number of para-hydroxylation sites is 2. The number of nitrogens with zero attached hydrogens (tertiary/aromatic N) is 1. The van der Waals surface area contributed by atoms with Crippen LogP contribution in [0.25, 0.3) is 21.8 Å². The van der Waals surface area contributed by atoms with Crippen LogP contribution in [0.5, 0.6) is 0 Å². The summed E-state index contributed by atoms with van der Waals surface area (Å²) < 4.78 is 13.1. The molecule has 1 aromatic heterocycles. The van der Waals surface area contributed by atoms with Crippen LogP contribution in [0.15, 0.2) is 84.1 Å². The van der Waals surface area contributed by atoms with Gasteiger partial charge in [0.05, 0.1) is 6.61 Å². The van der Waals surface area contributed by atoms with Gasteiger partial charge in [-0.25, -0.2) is 9.59 Å². The topological polar surface area (TPSA) is 69.6 Å². The van der Waals surface area contributed by atoms with Gasteiger partial charge in [0, 0.05) is 34.5 Å². The van der Waals surface area contributed by atoms with E-state index in [1.54, 1.807) is 6.92 Å². The van der Waals surface area contributed by atoms with Crippen LogP contribution in [-0.2, 0) is 26.1 Å². The maximum Gasteiger partial charge on any atom is 0.356 e. The van der Waals surface area contributed by atoms with Crippen molar-refractivity contribution in [2.75, 3.05) is 11.9 Å². The number of hydrogen-bond donors (Lipinski definition) is 1. The Hall–Kier alpha value is -4.06. The second-order valence-corrected chi connectivity index (χ2v) is 7.64. The van der Waals surface area contributed by atoms with E-state index in [1.807, 2.05) is 67.7 Å². The van der Waals surface area contributed by atoms with Crippen LogP contribution >= 0.6 is 0 Å². The van der Waals surface area contributed by atoms with Crippen molar-refractivity contribution >= 4 is 39.4 Å². The first-order valence-corrected chi connectivity index (χ1v) is 10.5. The maximum absolute atomic E-state index is 12.9. The highest BCUT2D eigenvalue weighted by Crippen LogP contribution is 2.39. The molecule has 4 aromatic rings. The summed E-state index contributed by atoms with van der Waals surface area (Å²) in [5, 5.41) is 5.18. The van der Waals surface area contributed by atoms with Crippen LogP contribution in [0.1, 0.15) is 18.6 Å². The molecule has 0 aliphatic carbocycles. The second-order valence-electron chi connectivity index (χ2n) is 7.64. The van der Waals surface area contributed by atoms with Crippen molar-refractivity contribution in [1.82, 2.24) is 4.57 Å². The van der Waals surface area contributed by atoms with Crippen molar-refractivity contribution in [2.45, 2.75) is 13.0 Å². The van der Waals surface area contributed by atoms with Gasteiger partial charge < -0.3 is 19.4 Å². The molecule has 3 aromatic carbocycles. The lowest BCUT2D eigenvalue weighted by Gasteiger charge is -2.14. The number of benzene rings is 3. The first-order valence-electron chi connectivity index (χ1n) is 10.5. The van der Waals surface area contributed by atoms with Gasteiger partial charge in [-0.3, -0.25) is 0 Å². The van der Waals surface area contributed by atoms with Crippen molar-refractivity contribution in [2.24, 2.45) is 7.05 Å². The van der Waals surface area contributed by atoms with E-state index in [4.69, 9.17) is 9.47 Å². The van der Waals surface area contributed by atoms with Gasteiger partial charge in [-0.1, -0.05) is 42.5 Å². The normalized spacial score (nSPS) is 15.9. The molecule has 0 saturated carbocycles. The summed E-state index contributed by atoms with van der Waals surface area (Å²) >= 11 is 0. The van der Waals surface area contributed by atoms with Crippen LogP contribution in [0.3, 0.4) is 0 Å². The van der Waals surface area contributed by atoms with Crippen molar-refractivity contribution in [3.63, 3.8) is 0 Å². The number of esters is 2. The predicted octanol–water partition coefficient (Wildman–Crippen LogP) is 4.86. The molecule has 6 heteroatoms. The lowest BCUT2D eigenvalue weighted by molar-refractivity contribution is -0.142. The zero-order valence-corrected chi connectivity index (χ0v) is 17.8. The monoisotopic (exact) mass is 426 g/mol. The average molecular weight is 426 g/mol. The van der Waals surface area contributed by atoms with Gasteiger partial charge in [-0.05, 0) is 42.8 Å². The molecule has 0 spiro atoms. The van der Waals surface area contributed by atoms with Gasteiger partial charge in [-0.2, -0.15) is 0 Å². The van der Waals surface area contributed by atoms with Gasteiger partial charge in [0.1, 0.15) is 11.3 Å². The SMILES string of the molecule is CCOC(=O)C1=C(Nc2ccccc2)C(=O)OC1c1ccc2c(c1)c1ccccc1n2C. The number of anilines is 1. The van der Waals surface area contributed by atoms with Gasteiger partial charge in [0.2, 0.25) is 0 Å². The Morgan fingerprint density at radius 3 is 2.50 bits per heavy atom. The van der Waals surface area contributed by atoms with E-state index < -0.39 is 18.0 Å². The molecule has 0 amide bonds. The zero-order valence-electron chi connectivity index (χ0n) is 17.8. The number of ether oxygens (including phenoxy) is 2. The molecule has 6 nitrogen and oxygen atoms in total. The fraction of sp³-hybridized carbons (Fsp3) is 0.154. The number of rotatable bonds is 5. The molecule has 5 rings (SSSR count). The van der Waals surface area contributed by atoms with Crippen molar-refractivity contribution in [3.8, 4) is 0 Å². The number of aryl methyl sites for hydroxylation is 1. The highest BCUT2D eigenvalue weighted by molar-refractivity contribution is 6.09. The summed E-state index contributed by atoms with van der Waals surface area (Å²) in [5.74, 6) is -1.15. The summed E-state index contributed by atoms with van der Waals surface area (Å²) in [5.41, 5.74) is 3.86. The van der Waals surface area contributed by atoms with E-state index in [1.165, 1.54) is 0 Å². The van der Waals surface area contributed by atoms with Crippen molar-refractivity contribution in [3.05, 3.63) is 89.6 Å². The number of cyclic esters (lactones) is 1. The number of nitrogens with one attached hydrogen (secondary N) is 1. The van der Waals surface area contributed by atoms with Crippen LogP contribution < -0.4 is 5.32 Å². The number of carbonyl (C=O) groups is 2. The van der Waals surface area contributed by atoms with Crippen LogP contribution in [-0.4, -0.2) is 23.1 Å². The fourth-order valence-corrected chi connectivity index (χ4v) is 4.25. The molecule has 0 radical (unpaired) electrons. The molecule has 1 N–H and O–H groups in total. The standard InChI is InChI=1S/C26H22N2O4/c1-3-31-25(29)22-23(27-17-9-5-4-6-10-17)26(30)32-24(22)16-13-14-21-19(15-16)18-11-7-8-12-20(18)28(21)2/h4-15,24,27H,3H2,1-2H3. The van der Waals surface area contributed by atoms with E-state index in [-0.39, 0.29) is 17.9 Å². The highest BCUT2D eigenvalue weighted by atomic mass is 16.6. The van der Waals surface area contributed by atoms with Crippen molar-refractivity contribution in [1.29, 1.82) is 0 Å². The first-order chi connectivity index (χ1) is 15.6. The molecule has 0 fully saturated rings. The van der Waals surface area contributed by atoms with Crippen LogP contribution in [0.2, 0.25) is 0 Å². The average Bonchev–Trinajstić information content (AvgIpc) is 3.29. The lowest BCUT2D eigenvalue weighted by atomic mass is 9.99. The summed E-state index contributed by atoms with van der Waals surface area (Å²) in [6, 6.07) is 23.2. The Bertz CT molecular complexity index is 1390. The molecule has 0 bridgehead atoms. The predicted molar refractivity (Wildman–Crippen MR) is 123 cm³/mol. The van der Waals surface area contributed by atoms with Crippen LogP contribution in [0, 0.1) is 0 Å². The van der Waals surface area contributed by atoms with E-state index in [0.717, 1.165) is 27.4 Å². The molecule has 0 saturated heterocycles. The van der Waals surface area contributed by atoms with E-state index >= 15 is 0 Å². The van der Waals surface area contributed by atoms with E-state index in [9.17, 15) is 9.59 Å². The fourth-order valence-electron chi connectivity index (χ4n) is 4.25. The maximum atomic E-state index is 12.9. The molecule has 1 unspecified atom stereocenters. The minimum atomic E-state index is -0.851. The second kappa shape index (κ2) is 7.89. The van der Waals surface area contributed by atoms with Gasteiger partial charge in [0.15, 0.2) is 6.10 Å². The Morgan fingerprint density at radius 2 is 1.72 bits per heavy atom. The third-order valence-electron chi connectivity index (χ3n) is 5.74. The third kappa shape index (κ3) is 3.21. The first kappa shape index (κ1) is 19.9. The van der Waals surface area contributed by atoms with E-state index in [2.05, 4.69) is 22.0 Å². The summed E-state index contributed by atoms with van der Waals surface area (Å²) in [6.07, 6.45) is -0.851. The number of aromatic nitrogens is 1. The van der Waals surface area contributed by atoms with Crippen LogP contribution in [0.4, 0.5) is 5.69 Å². The minimum absolute atomic E-state index is 0.109. The Morgan fingerprint density at radius 1 is 1.00 bits per heavy atom. The summed E-state index contributed by atoms with van der Waals surface area (Å²) in [6.45, 7) is 1.93. The smallest absolute Gasteiger partial charge is 0.356 e. The lowest BCUT2D eigenvalue weighted by Crippen LogP contribution is -2.16. The quantitative estimate of drug-likeness (QED) is 0.462. The molecule has 1 atom stereocenters. The minimum Gasteiger partial charge on any atom is -0.462 e. The third-order valence-corrected chi connectivity index (χ3v) is 5.74. The van der Waals surface area contributed by atoms with Gasteiger partial charge in [0.25, 0.3) is 0 Å². The Kier molecular flexibility index (Phi) is 4.90. The number of hydrogen-bond acceptors (Lipinski definition) is 5. The molecule has 2 heterocycles. The summed E-state index contributed by atoms with van der Waals surface area (Å²) in [7, 11) is 2.02. The Balaban J connectivity index is 1.64. The largest absolute Gasteiger partial charge is 0.462 e.